The van der Waals surface area contributed by atoms with Gasteiger partial charge in [-0.1, -0.05) is 23.7 Å². The molecule has 1 fully saturated rings. The van der Waals surface area contributed by atoms with Gasteiger partial charge in [0, 0.05) is 24.0 Å². The Balaban J connectivity index is 2.01. The quantitative estimate of drug-likeness (QED) is 0.867. The fourth-order valence-electron chi connectivity index (χ4n) is 2.63. The molecule has 2 amide bonds. The normalized spacial score (nSPS) is 19.6. The molecule has 1 aromatic carbocycles. The highest BCUT2D eigenvalue weighted by molar-refractivity contribution is 6.30. The van der Waals surface area contributed by atoms with Crippen LogP contribution in [0.1, 0.15) is 31.9 Å². The summed E-state index contributed by atoms with van der Waals surface area (Å²) >= 11 is 5.84. The Morgan fingerprint density at radius 2 is 2.05 bits per heavy atom. The van der Waals surface area contributed by atoms with E-state index in [0.717, 1.165) is 5.56 Å². The minimum Gasteiger partial charge on any atom is -0.394 e. The van der Waals surface area contributed by atoms with E-state index in [2.05, 4.69) is 5.32 Å². The van der Waals surface area contributed by atoms with Crippen LogP contribution in [0, 0.1) is 5.92 Å². The van der Waals surface area contributed by atoms with Gasteiger partial charge in [-0.3, -0.25) is 9.59 Å². The number of nitrogens with one attached hydrogen (secondary N) is 1. The summed E-state index contributed by atoms with van der Waals surface area (Å²) in [6.45, 7) is 4.09. The molecule has 120 valence electrons. The summed E-state index contributed by atoms with van der Waals surface area (Å²) in [7, 11) is 0. The standard InChI is InChI=1S/C16H21ClN2O3/c1-10(2)19-8-12(7-15(19)21)16(22)18-14(9-20)11-3-5-13(17)6-4-11/h3-6,10,12,14,20H,7-9H2,1-2H3,(H,18,22). The molecule has 22 heavy (non-hydrogen) atoms. The number of nitrogens with zero attached hydrogens (tertiary/aromatic N) is 1. The first-order valence-electron chi connectivity index (χ1n) is 7.38. The van der Waals surface area contributed by atoms with E-state index >= 15 is 0 Å². The highest BCUT2D eigenvalue weighted by atomic mass is 35.5. The van der Waals surface area contributed by atoms with Gasteiger partial charge in [-0.25, -0.2) is 0 Å². The smallest absolute Gasteiger partial charge is 0.225 e. The number of hydrogen-bond donors (Lipinski definition) is 2. The van der Waals surface area contributed by atoms with E-state index in [4.69, 9.17) is 11.6 Å². The van der Waals surface area contributed by atoms with Gasteiger partial charge in [0.15, 0.2) is 0 Å². The van der Waals surface area contributed by atoms with Crippen LogP contribution in [0.4, 0.5) is 0 Å². The molecule has 2 unspecified atom stereocenters. The Kier molecular flexibility index (Phi) is 5.42. The van der Waals surface area contributed by atoms with Crippen molar-refractivity contribution in [3.8, 4) is 0 Å². The molecule has 0 aromatic heterocycles. The van der Waals surface area contributed by atoms with E-state index in [1.54, 1.807) is 29.2 Å². The maximum absolute atomic E-state index is 12.3. The van der Waals surface area contributed by atoms with Gasteiger partial charge < -0.3 is 15.3 Å². The summed E-state index contributed by atoms with van der Waals surface area (Å²) in [5.74, 6) is -0.566. The van der Waals surface area contributed by atoms with Crippen molar-refractivity contribution in [3.05, 3.63) is 34.9 Å². The minimum atomic E-state index is -0.493. The summed E-state index contributed by atoms with van der Waals surface area (Å²) in [4.78, 5) is 25.9. The topological polar surface area (TPSA) is 69.6 Å². The maximum atomic E-state index is 12.3. The minimum absolute atomic E-state index is 0.00203. The second-order valence-corrected chi connectivity index (χ2v) is 6.27. The summed E-state index contributed by atoms with van der Waals surface area (Å²) < 4.78 is 0. The Bertz CT molecular complexity index is 545. The van der Waals surface area contributed by atoms with Crippen molar-refractivity contribution >= 4 is 23.4 Å². The van der Waals surface area contributed by atoms with E-state index in [1.165, 1.54) is 0 Å². The largest absolute Gasteiger partial charge is 0.394 e. The zero-order valence-electron chi connectivity index (χ0n) is 12.8. The van der Waals surface area contributed by atoms with Crippen LogP contribution in [0.5, 0.6) is 0 Å². The molecule has 0 aliphatic carbocycles. The summed E-state index contributed by atoms with van der Waals surface area (Å²) in [6, 6.07) is 6.56. The third kappa shape index (κ3) is 3.78. The monoisotopic (exact) mass is 324 g/mol. The number of likely N-dealkylation sites (tertiary alicyclic amines) is 1. The first kappa shape index (κ1) is 16.8. The van der Waals surface area contributed by atoms with E-state index in [-0.39, 0.29) is 36.8 Å². The number of benzene rings is 1. The number of hydrogen-bond acceptors (Lipinski definition) is 3. The molecule has 6 heteroatoms. The van der Waals surface area contributed by atoms with Crippen molar-refractivity contribution in [1.29, 1.82) is 0 Å². The highest BCUT2D eigenvalue weighted by Gasteiger charge is 2.36. The lowest BCUT2D eigenvalue weighted by Gasteiger charge is -2.22. The maximum Gasteiger partial charge on any atom is 0.225 e. The molecule has 2 rings (SSSR count). The van der Waals surface area contributed by atoms with E-state index < -0.39 is 6.04 Å². The van der Waals surface area contributed by atoms with Crippen LogP contribution in [0.15, 0.2) is 24.3 Å². The summed E-state index contributed by atoms with van der Waals surface area (Å²) in [5, 5.41) is 12.9. The Morgan fingerprint density at radius 1 is 1.41 bits per heavy atom. The van der Waals surface area contributed by atoms with Crippen LogP contribution in [0.2, 0.25) is 5.02 Å². The Labute approximate surface area is 135 Å². The molecule has 0 bridgehead atoms. The van der Waals surface area contributed by atoms with E-state index in [1.807, 2.05) is 13.8 Å². The lowest BCUT2D eigenvalue weighted by atomic mass is 10.0. The van der Waals surface area contributed by atoms with Crippen LogP contribution < -0.4 is 5.32 Å². The van der Waals surface area contributed by atoms with Crippen molar-refractivity contribution in [2.45, 2.75) is 32.4 Å². The molecule has 5 nitrogen and oxygen atoms in total. The van der Waals surface area contributed by atoms with Crippen LogP contribution in [0.3, 0.4) is 0 Å². The average Bonchev–Trinajstić information content (AvgIpc) is 2.88. The number of carbonyl (C=O) groups is 2. The molecule has 0 radical (unpaired) electrons. The second-order valence-electron chi connectivity index (χ2n) is 5.84. The number of amides is 2. The predicted molar refractivity (Wildman–Crippen MR) is 84.4 cm³/mol. The molecule has 1 aromatic rings. The molecule has 1 saturated heterocycles. The van der Waals surface area contributed by atoms with Crippen molar-refractivity contribution < 1.29 is 14.7 Å². The van der Waals surface area contributed by atoms with Crippen LogP contribution in [0.25, 0.3) is 0 Å². The molecule has 0 saturated carbocycles. The SMILES string of the molecule is CC(C)N1CC(C(=O)NC(CO)c2ccc(Cl)cc2)CC1=O. The molecule has 2 N–H and O–H groups in total. The van der Waals surface area contributed by atoms with Gasteiger partial charge in [0.2, 0.25) is 11.8 Å². The molecule has 1 aliphatic heterocycles. The fraction of sp³-hybridized carbons (Fsp3) is 0.500. The molecule has 0 spiro atoms. The third-order valence-electron chi connectivity index (χ3n) is 3.92. The number of aliphatic hydroxyl groups excluding tert-OH is 1. The highest BCUT2D eigenvalue weighted by Crippen LogP contribution is 2.22. The van der Waals surface area contributed by atoms with E-state index in [0.29, 0.717) is 11.6 Å². The number of aliphatic hydroxyl groups is 1. The molecule has 2 atom stereocenters. The van der Waals surface area contributed by atoms with Crippen LogP contribution in [-0.2, 0) is 9.59 Å². The Morgan fingerprint density at radius 3 is 2.55 bits per heavy atom. The summed E-state index contributed by atoms with van der Waals surface area (Å²) in [5.41, 5.74) is 0.783. The molecule has 1 aliphatic rings. The van der Waals surface area contributed by atoms with Gasteiger partial charge in [0.05, 0.1) is 18.6 Å². The average molecular weight is 325 g/mol. The van der Waals surface area contributed by atoms with Crippen molar-refractivity contribution in [2.24, 2.45) is 5.92 Å². The second kappa shape index (κ2) is 7.11. The predicted octanol–water partition coefficient (Wildman–Crippen LogP) is 1.75. The fourth-order valence-corrected chi connectivity index (χ4v) is 2.75. The van der Waals surface area contributed by atoms with E-state index in [9.17, 15) is 14.7 Å². The number of halogens is 1. The first-order valence-corrected chi connectivity index (χ1v) is 7.76. The third-order valence-corrected chi connectivity index (χ3v) is 4.18. The van der Waals surface area contributed by atoms with Crippen molar-refractivity contribution in [2.75, 3.05) is 13.2 Å². The van der Waals surface area contributed by atoms with Gasteiger partial charge >= 0.3 is 0 Å². The van der Waals surface area contributed by atoms with Crippen LogP contribution in [-0.4, -0.2) is 41.0 Å². The zero-order chi connectivity index (χ0) is 16.3. The van der Waals surface area contributed by atoms with Crippen molar-refractivity contribution in [1.82, 2.24) is 10.2 Å². The van der Waals surface area contributed by atoms with Crippen molar-refractivity contribution in [3.63, 3.8) is 0 Å². The first-order chi connectivity index (χ1) is 10.4. The van der Waals surface area contributed by atoms with Gasteiger partial charge in [-0.05, 0) is 31.5 Å². The number of rotatable bonds is 5. The van der Waals surface area contributed by atoms with Gasteiger partial charge in [0.25, 0.3) is 0 Å². The lowest BCUT2D eigenvalue weighted by molar-refractivity contribution is -0.130. The molecular formula is C16H21ClN2O3. The zero-order valence-corrected chi connectivity index (χ0v) is 13.5. The Hall–Kier alpha value is -1.59. The van der Waals surface area contributed by atoms with Gasteiger partial charge in [0.1, 0.15) is 0 Å². The molecule has 1 heterocycles. The molecular weight excluding hydrogens is 304 g/mol. The summed E-state index contributed by atoms with van der Waals surface area (Å²) in [6.07, 6.45) is 0.225. The lowest BCUT2D eigenvalue weighted by Crippen LogP contribution is -2.38. The van der Waals surface area contributed by atoms with Gasteiger partial charge in [-0.2, -0.15) is 0 Å². The van der Waals surface area contributed by atoms with Gasteiger partial charge in [-0.15, -0.1) is 0 Å². The van der Waals surface area contributed by atoms with Crippen LogP contribution >= 0.6 is 11.6 Å². The number of carbonyl (C=O) groups excluding carboxylic acids is 2.